The predicted molar refractivity (Wildman–Crippen MR) is 195 cm³/mol. The van der Waals surface area contributed by atoms with Crippen molar-refractivity contribution in [1.82, 2.24) is 0 Å². The van der Waals surface area contributed by atoms with Crippen molar-refractivity contribution in [3.05, 3.63) is 11.6 Å². The summed E-state index contributed by atoms with van der Waals surface area (Å²) in [7, 11) is 1.42. The summed E-state index contributed by atoms with van der Waals surface area (Å²) < 4.78 is 28.8. The van der Waals surface area contributed by atoms with Crippen molar-refractivity contribution in [3.63, 3.8) is 0 Å². The van der Waals surface area contributed by atoms with Crippen LogP contribution in [0.3, 0.4) is 0 Å². The summed E-state index contributed by atoms with van der Waals surface area (Å²) >= 11 is 0. The fourth-order valence-electron chi connectivity index (χ4n) is 12.1. The van der Waals surface area contributed by atoms with Gasteiger partial charge >= 0.3 is 0 Å². The molecular weight excluding hydrogens is 720 g/mol. The normalized spacial score (nSPS) is 50.2. The highest BCUT2D eigenvalue weighted by atomic mass is 16.7. The Bertz CT molecular complexity index is 1330. The van der Waals surface area contributed by atoms with E-state index in [4.69, 9.17) is 23.7 Å². The standard InChI is InChI=1S/C40H68O15/c1-18(2)20(16-52-36-32(49)30(47)33(55-36)24(43)15-41)8-7-19(3)27-29(46)31(48)35-39(27,5)12-10-26-38(4)11-9-21(13-22(38)23(42)14-40(26,35)50)54-37-34(51-6)28(45)25(44)17-53-37/h13,18-21,23-37,41-50H,7-12,14-17H2,1-6H3/t19-,20?,21+,23-,24?,25-,26?,27+,28+,29-,30+,31+,32-,33+,34-,35?,36-,37+,38+,39-,40+/m1/s1. The number of methoxy groups -OCH3 is 1. The predicted octanol–water partition coefficient (Wildman–Crippen LogP) is -0.424. The van der Waals surface area contributed by atoms with E-state index in [9.17, 15) is 51.1 Å². The minimum absolute atomic E-state index is 0.00914. The van der Waals surface area contributed by atoms with Crippen LogP contribution in [0.15, 0.2) is 11.6 Å². The monoisotopic (exact) mass is 788 g/mol. The summed E-state index contributed by atoms with van der Waals surface area (Å²) in [5, 5.41) is 109. The molecule has 5 fully saturated rings. The second kappa shape index (κ2) is 16.7. The van der Waals surface area contributed by atoms with Gasteiger partial charge in [0.1, 0.15) is 42.7 Å². The molecule has 6 aliphatic rings. The average Bonchev–Trinajstić information content (AvgIpc) is 3.53. The zero-order valence-electron chi connectivity index (χ0n) is 33.1. The van der Waals surface area contributed by atoms with Gasteiger partial charge in [0.15, 0.2) is 12.6 Å². The highest BCUT2D eigenvalue weighted by molar-refractivity contribution is 5.33. The van der Waals surface area contributed by atoms with E-state index in [1.165, 1.54) is 7.11 Å². The van der Waals surface area contributed by atoms with E-state index >= 15 is 0 Å². The molecule has 15 heteroatoms. The van der Waals surface area contributed by atoms with Crippen LogP contribution in [0.5, 0.6) is 0 Å². The van der Waals surface area contributed by atoms with Gasteiger partial charge in [0.05, 0.1) is 49.8 Å². The molecular formula is C40H68O15. The van der Waals surface area contributed by atoms with Crippen LogP contribution in [0.2, 0.25) is 0 Å². The Labute approximate surface area is 324 Å². The summed E-state index contributed by atoms with van der Waals surface area (Å²) in [4.78, 5) is 0. The summed E-state index contributed by atoms with van der Waals surface area (Å²) in [6, 6.07) is 0. The minimum atomic E-state index is -1.45. The van der Waals surface area contributed by atoms with E-state index in [2.05, 4.69) is 34.6 Å². The van der Waals surface area contributed by atoms with Crippen molar-refractivity contribution in [2.24, 2.45) is 46.3 Å². The first-order valence-corrected chi connectivity index (χ1v) is 20.4. The number of aliphatic hydroxyl groups is 10. The summed E-state index contributed by atoms with van der Waals surface area (Å²) in [6.45, 7) is 9.83. The number of rotatable bonds is 13. The third kappa shape index (κ3) is 7.61. The molecule has 2 aliphatic heterocycles. The molecule has 0 aromatic carbocycles. The van der Waals surface area contributed by atoms with E-state index in [0.29, 0.717) is 38.5 Å². The second-order valence-corrected chi connectivity index (χ2v) is 18.6. The van der Waals surface area contributed by atoms with Gasteiger partial charge in [-0.15, -0.1) is 0 Å². The molecule has 0 radical (unpaired) electrons. The summed E-state index contributed by atoms with van der Waals surface area (Å²) in [5.74, 6) is -1.14. The topological polar surface area (TPSA) is 248 Å². The van der Waals surface area contributed by atoms with Crippen LogP contribution in [0.1, 0.15) is 79.6 Å². The average molecular weight is 789 g/mol. The number of fused-ring (bicyclic) bond motifs is 5. The van der Waals surface area contributed by atoms with Gasteiger partial charge < -0.3 is 74.7 Å². The zero-order valence-corrected chi connectivity index (χ0v) is 33.1. The number of hydrogen-bond donors (Lipinski definition) is 10. The maximum absolute atomic E-state index is 12.8. The molecule has 10 N–H and O–H groups in total. The van der Waals surface area contributed by atoms with Gasteiger partial charge in [0.25, 0.3) is 0 Å². The number of aliphatic hydroxyl groups excluding tert-OH is 9. The third-order valence-corrected chi connectivity index (χ3v) is 15.1. The Balaban J connectivity index is 1.13. The van der Waals surface area contributed by atoms with Crippen LogP contribution in [-0.2, 0) is 23.7 Å². The van der Waals surface area contributed by atoms with E-state index in [0.717, 1.165) is 5.57 Å². The molecule has 21 atom stereocenters. The lowest BCUT2D eigenvalue weighted by Crippen LogP contribution is -2.66. The van der Waals surface area contributed by atoms with Crippen LogP contribution in [0.4, 0.5) is 0 Å². The molecule has 0 aromatic rings. The van der Waals surface area contributed by atoms with Crippen molar-refractivity contribution in [2.75, 3.05) is 26.9 Å². The Morgan fingerprint density at radius 2 is 1.60 bits per heavy atom. The molecule has 0 bridgehead atoms. The quantitative estimate of drug-likeness (QED) is 0.107. The van der Waals surface area contributed by atoms with Crippen molar-refractivity contribution in [3.8, 4) is 0 Å². The third-order valence-electron chi connectivity index (χ3n) is 15.1. The van der Waals surface area contributed by atoms with Gasteiger partial charge in [-0.05, 0) is 84.5 Å². The molecule has 3 saturated carbocycles. The van der Waals surface area contributed by atoms with Gasteiger partial charge in [-0.1, -0.05) is 40.7 Å². The molecule has 0 amide bonds. The van der Waals surface area contributed by atoms with Crippen LogP contribution in [-0.4, -0.2) is 163 Å². The molecule has 55 heavy (non-hydrogen) atoms. The Morgan fingerprint density at radius 3 is 2.25 bits per heavy atom. The Morgan fingerprint density at radius 1 is 0.891 bits per heavy atom. The highest BCUT2D eigenvalue weighted by Crippen LogP contribution is 2.69. The van der Waals surface area contributed by atoms with Crippen molar-refractivity contribution < 1.29 is 74.7 Å². The van der Waals surface area contributed by atoms with Crippen molar-refractivity contribution in [2.45, 2.75) is 165 Å². The zero-order chi connectivity index (χ0) is 40.4. The van der Waals surface area contributed by atoms with Gasteiger partial charge in [0, 0.05) is 19.4 Å². The SMILES string of the molecule is CO[C@H]1[C@H](O[C@@H]2C=C3[C@H](O)C[C@]4(O)C(CC[C@@]5(C)C4[C@@H](O)[C@H](O)[C@@H]5[C@H](C)CCC(CO[C@@H]4O[C@@H](C(O)CO)[C@@H](O)[C@H]4O)C(C)C)[C@@]3(C)CC2)OC[C@@H](O)[C@@H]1O. The highest BCUT2D eigenvalue weighted by Gasteiger charge is 2.72. The van der Waals surface area contributed by atoms with Gasteiger partial charge in [-0.2, -0.15) is 0 Å². The van der Waals surface area contributed by atoms with Gasteiger partial charge in [-0.25, -0.2) is 0 Å². The summed E-state index contributed by atoms with van der Waals surface area (Å²) in [5.41, 5.74) is -1.89. The lowest BCUT2D eigenvalue weighted by molar-refractivity contribution is -0.285. The number of ether oxygens (including phenoxy) is 5. The fraction of sp³-hybridized carbons (Fsp3) is 0.950. The molecule has 2 saturated heterocycles. The first-order valence-electron chi connectivity index (χ1n) is 20.4. The van der Waals surface area contributed by atoms with Crippen molar-refractivity contribution >= 4 is 0 Å². The van der Waals surface area contributed by atoms with Gasteiger partial charge in [-0.3, -0.25) is 0 Å². The molecule has 6 rings (SSSR count). The van der Waals surface area contributed by atoms with Crippen LogP contribution in [0.25, 0.3) is 0 Å². The Kier molecular flexibility index (Phi) is 13.2. The van der Waals surface area contributed by atoms with Crippen LogP contribution >= 0.6 is 0 Å². The van der Waals surface area contributed by atoms with Gasteiger partial charge in [0.2, 0.25) is 0 Å². The molecule has 0 aromatic heterocycles. The maximum atomic E-state index is 12.8. The van der Waals surface area contributed by atoms with Crippen LogP contribution < -0.4 is 0 Å². The summed E-state index contributed by atoms with van der Waals surface area (Å²) in [6.07, 6.45) is -8.53. The molecule has 15 nitrogen and oxygen atoms in total. The molecule has 4 aliphatic carbocycles. The fourth-order valence-corrected chi connectivity index (χ4v) is 12.1. The van der Waals surface area contributed by atoms with E-state index in [-0.39, 0.29) is 49.2 Å². The van der Waals surface area contributed by atoms with E-state index in [1.807, 2.05) is 6.08 Å². The second-order valence-electron chi connectivity index (χ2n) is 18.6. The molecule has 2 heterocycles. The minimum Gasteiger partial charge on any atom is -0.394 e. The van der Waals surface area contributed by atoms with Crippen LogP contribution in [0, 0.1) is 46.3 Å². The first-order chi connectivity index (χ1) is 25.8. The lowest BCUT2D eigenvalue weighted by atomic mass is 9.43. The molecule has 318 valence electrons. The first kappa shape index (κ1) is 43.7. The smallest absolute Gasteiger partial charge is 0.187 e. The molecule has 4 unspecified atom stereocenters. The molecule has 0 spiro atoms. The lowest BCUT2D eigenvalue weighted by Gasteiger charge is -2.64. The van der Waals surface area contributed by atoms with E-state index < -0.39 is 109 Å². The number of hydrogen-bond acceptors (Lipinski definition) is 15. The van der Waals surface area contributed by atoms with E-state index in [1.54, 1.807) is 0 Å². The van der Waals surface area contributed by atoms with Crippen molar-refractivity contribution in [1.29, 1.82) is 0 Å². The Hall–Kier alpha value is -0.860. The largest absolute Gasteiger partial charge is 0.394 e. The maximum Gasteiger partial charge on any atom is 0.187 e.